The van der Waals surface area contributed by atoms with Crippen molar-refractivity contribution in [3.8, 4) is 5.75 Å². The first-order valence-electron chi connectivity index (χ1n) is 8.60. The van der Waals surface area contributed by atoms with E-state index in [0.717, 1.165) is 24.3 Å². The van der Waals surface area contributed by atoms with Gasteiger partial charge in [-0.25, -0.2) is 0 Å². The number of hydrogen-bond acceptors (Lipinski definition) is 4. The van der Waals surface area contributed by atoms with Crippen molar-refractivity contribution in [2.45, 2.75) is 56.6 Å². The van der Waals surface area contributed by atoms with E-state index in [2.05, 4.69) is 5.32 Å². The summed E-state index contributed by atoms with van der Waals surface area (Å²) in [6, 6.07) is 7.58. The maximum Gasteiger partial charge on any atom is 0.244 e. The number of nitrogens with two attached hydrogens (primary N) is 1. The number of amides is 1. The van der Waals surface area contributed by atoms with Crippen molar-refractivity contribution in [2.75, 3.05) is 18.5 Å². The van der Waals surface area contributed by atoms with Crippen LogP contribution in [-0.4, -0.2) is 30.8 Å². The van der Waals surface area contributed by atoms with Crippen LogP contribution in [0.2, 0.25) is 0 Å². The van der Waals surface area contributed by atoms with Crippen LogP contribution in [0.15, 0.2) is 24.3 Å². The lowest BCUT2D eigenvalue weighted by Gasteiger charge is -2.31. The molecule has 5 heteroatoms. The van der Waals surface area contributed by atoms with Crippen LogP contribution in [0, 0.1) is 0 Å². The molecule has 0 spiro atoms. The summed E-state index contributed by atoms with van der Waals surface area (Å²) in [7, 11) is 0. The highest BCUT2D eigenvalue weighted by atomic mass is 16.5. The topological polar surface area (TPSA) is 73.6 Å². The van der Waals surface area contributed by atoms with E-state index in [9.17, 15) is 4.79 Å². The second-order valence-electron chi connectivity index (χ2n) is 6.62. The van der Waals surface area contributed by atoms with Gasteiger partial charge in [0.05, 0.1) is 6.10 Å². The molecule has 126 valence electrons. The molecule has 1 saturated carbocycles. The van der Waals surface area contributed by atoms with E-state index in [-0.39, 0.29) is 5.91 Å². The fraction of sp³-hybridized carbons (Fsp3) is 0.611. The first-order chi connectivity index (χ1) is 11.2. The monoisotopic (exact) mass is 318 g/mol. The minimum absolute atomic E-state index is 0.137. The summed E-state index contributed by atoms with van der Waals surface area (Å²) in [6.07, 6.45) is 7.54. The maximum atomic E-state index is 12.4. The van der Waals surface area contributed by atoms with Crippen LogP contribution in [0.5, 0.6) is 5.75 Å². The molecule has 1 aliphatic heterocycles. The van der Waals surface area contributed by atoms with Gasteiger partial charge < -0.3 is 20.5 Å². The Morgan fingerprint density at radius 3 is 2.43 bits per heavy atom. The van der Waals surface area contributed by atoms with Gasteiger partial charge in [-0.3, -0.25) is 4.79 Å². The van der Waals surface area contributed by atoms with E-state index >= 15 is 0 Å². The molecule has 3 N–H and O–H groups in total. The van der Waals surface area contributed by atoms with Gasteiger partial charge in [0.25, 0.3) is 0 Å². The van der Waals surface area contributed by atoms with Crippen LogP contribution >= 0.6 is 0 Å². The summed E-state index contributed by atoms with van der Waals surface area (Å²) in [5, 5.41) is 2.91. The number of nitrogens with one attached hydrogen (secondary N) is 1. The third kappa shape index (κ3) is 4.24. The Balaban J connectivity index is 1.55. The molecule has 0 atom stereocenters. The van der Waals surface area contributed by atoms with Gasteiger partial charge in [0, 0.05) is 18.9 Å². The summed E-state index contributed by atoms with van der Waals surface area (Å²) in [6.45, 7) is 1.08. The van der Waals surface area contributed by atoms with Crippen LogP contribution in [-0.2, 0) is 9.53 Å². The molecule has 1 heterocycles. The normalized spacial score (nSPS) is 21.6. The minimum Gasteiger partial charge on any atom is -0.490 e. The molecule has 0 bridgehead atoms. The zero-order valence-corrected chi connectivity index (χ0v) is 13.6. The van der Waals surface area contributed by atoms with Gasteiger partial charge in [0.15, 0.2) is 0 Å². The summed E-state index contributed by atoms with van der Waals surface area (Å²) >= 11 is 0. The summed E-state index contributed by atoms with van der Waals surface area (Å²) in [5.74, 6) is 0.727. The van der Waals surface area contributed by atoms with Gasteiger partial charge in [0.1, 0.15) is 11.3 Å². The van der Waals surface area contributed by atoms with E-state index < -0.39 is 5.54 Å². The highest BCUT2D eigenvalue weighted by Gasteiger charge is 2.35. The minimum atomic E-state index is -0.824. The fourth-order valence-electron chi connectivity index (χ4n) is 3.21. The van der Waals surface area contributed by atoms with Gasteiger partial charge in [-0.15, -0.1) is 0 Å². The second-order valence-corrected chi connectivity index (χ2v) is 6.62. The van der Waals surface area contributed by atoms with Crippen molar-refractivity contribution in [3.05, 3.63) is 24.3 Å². The summed E-state index contributed by atoms with van der Waals surface area (Å²) < 4.78 is 11.3. The number of ether oxygens (including phenoxy) is 2. The lowest BCUT2D eigenvalue weighted by molar-refractivity contribution is -0.124. The van der Waals surface area contributed by atoms with Crippen molar-refractivity contribution >= 4 is 11.6 Å². The Hall–Kier alpha value is -1.59. The van der Waals surface area contributed by atoms with Crippen molar-refractivity contribution in [2.24, 2.45) is 5.73 Å². The number of carbonyl (C=O) groups excluding carboxylic acids is 1. The molecule has 5 nitrogen and oxygen atoms in total. The zero-order chi connectivity index (χ0) is 16.1. The molecular weight excluding hydrogens is 292 g/mol. The predicted molar refractivity (Wildman–Crippen MR) is 89.5 cm³/mol. The Bertz CT molecular complexity index is 518. The van der Waals surface area contributed by atoms with Gasteiger partial charge in [0.2, 0.25) is 5.91 Å². The summed E-state index contributed by atoms with van der Waals surface area (Å²) in [4.78, 5) is 12.4. The van der Waals surface area contributed by atoms with E-state index in [1.165, 1.54) is 19.3 Å². The Morgan fingerprint density at radius 2 is 1.78 bits per heavy atom. The van der Waals surface area contributed by atoms with Crippen molar-refractivity contribution in [1.82, 2.24) is 0 Å². The fourth-order valence-corrected chi connectivity index (χ4v) is 3.21. The lowest BCUT2D eigenvalue weighted by Crippen LogP contribution is -2.54. The van der Waals surface area contributed by atoms with Crippen LogP contribution in [0.3, 0.4) is 0 Å². The molecular formula is C18H26N2O3. The van der Waals surface area contributed by atoms with E-state index in [1.54, 1.807) is 0 Å². The van der Waals surface area contributed by atoms with E-state index in [1.807, 2.05) is 24.3 Å². The molecule has 1 amide bonds. The van der Waals surface area contributed by atoms with E-state index in [0.29, 0.717) is 32.2 Å². The molecule has 1 aromatic carbocycles. The zero-order valence-electron chi connectivity index (χ0n) is 13.6. The highest BCUT2D eigenvalue weighted by molar-refractivity contribution is 5.98. The molecule has 2 fully saturated rings. The second kappa shape index (κ2) is 7.32. The SMILES string of the molecule is NC1(C(=O)Nc2ccc(OC3CCCCC3)cc2)CCOCC1. The maximum absolute atomic E-state index is 12.4. The molecule has 23 heavy (non-hydrogen) atoms. The number of anilines is 1. The first-order valence-corrected chi connectivity index (χ1v) is 8.60. The predicted octanol–water partition coefficient (Wildman–Crippen LogP) is 2.84. The van der Waals surface area contributed by atoms with Crippen molar-refractivity contribution in [3.63, 3.8) is 0 Å². The van der Waals surface area contributed by atoms with Crippen LogP contribution in [0.1, 0.15) is 44.9 Å². The van der Waals surface area contributed by atoms with Crippen LogP contribution < -0.4 is 15.8 Å². The number of hydrogen-bond donors (Lipinski definition) is 2. The Labute approximate surface area is 137 Å². The van der Waals surface area contributed by atoms with Gasteiger partial charge in [-0.1, -0.05) is 6.42 Å². The first kappa shape index (κ1) is 16.3. The molecule has 0 unspecified atom stereocenters. The van der Waals surface area contributed by atoms with Gasteiger partial charge in [-0.2, -0.15) is 0 Å². The molecule has 3 rings (SSSR count). The molecule has 1 aliphatic carbocycles. The average molecular weight is 318 g/mol. The third-order valence-electron chi connectivity index (χ3n) is 4.80. The molecule has 0 aromatic heterocycles. The quantitative estimate of drug-likeness (QED) is 0.895. The molecule has 0 radical (unpaired) electrons. The number of carbonyl (C=O) groups is 1. The molecule has 1 saturated heterocycles. The largest absolute Gasteiger partial charge is 0.490 e. The van der Waals surface area contributed by atoms with Crippen molar-refractivity contribution < 1.29 is 14.3 Å². The van der Waals surface area contributed by atoms with Crippen LogP contribution in [0.25, 0.3) is 0 Å². The van der Waals surface area contributed by atoms with Crippen LogP contribution in [0.4, 0.5) is 5.69 Å². The Kier molecular flexibility index (Phi) is 5.18. The smallest absolute Gasteiger partial charge is 0.244 e. The molecule has 1 aromatic rings. The summed E-state index contributed by atoms with van der Waals surface area (Å²) in [5.41, 5.74) is 6.12. The highest BCUT2D eigenvalue weighted by Crippen LogP contribution is 2.25. The number of rotatable bonds is 4. The standard InChI is InChI=1S/C18H26N2O3/c19-18(10-12-22-13-11-18)17(21)20-14-6-8-16(9-7-14)23-15-4-2-1-3-5-15/h6-9,15H,1-5,10-13,19H2,(H,20,21). The average Bonchev–Trinajstić information content (AvgIpc) is 2.58. The third-order valence-corrected chi connectivity index (χ3v) is 4.80. The van der Waals surface area contributed by atoms with Gasteiger partial charge in [-0.05, 0) is 62.8 Å². The number of benzene rings is 1. The lowest BCUT2D eigenvalue weighted by atomic mass is 9.90. The van der Waals surface area contributed by atoms with Gasteiger partial charge >= 0.3 is 0 Å². The van der Waals surface area contributed by atoms with E-state index in [4.69, 9.17) is 15.2 Å². The molecule has 2 aliphatic rings. The Morgan fingerprint density at radius 1 is 1.13 bits per heavy atom. The van der Waals surface area contributed by atoms with Crippen molar-refractivity contribution in [1.29, 1.82) is 0 Å².